The van der Waals surface area contributed by atoms with Crippen molar-refractivity contribution in [2.24, 2.45) is 5.73 Å². The van der Waals surface area contributed by atoms with Crippen molar-refractivity contribution in [3.63, 3.8) is 0 Å². The second-order valence-corrected chi connectivity index (χ2v) is 4.69. The summed E-state index contributed by atoms with van der Waals surface area (Å²) in [5.74, 6) is 0. The summed E-state index contributed by atoms with van der Waals surface area (Å²) in [6.07, 6.45) is -3.16. The summed E-state index contributed by atoms with van der Waals surface area (Å²) in [6.45, 7) is -0.450. The zero-order valence-electron chi connectivity index (χ0n) is 9.84. The van der Waals surface area contributed by atoms with E-state index in [1.807, 2.05) is 0 Å². The molecule has 0 unspecified atom stereocenters. The fraction of sp³-hybridized carbons (Fsp3) is 0.455. The van der Waals surface area contributed by atoms with Gasteiger partial charge in [-0.25, -0.2) is 0 Å². The molecule has 5 N–H and O–H groups in total. The fourth-order valence-electron chi connectivity index (χ4n) is 1.96. The van der Waals surface area contributed by atoms with Crippen LogP contribution >= 0.6 is 12.2 Å². The van der Waals surface area contributed by atoms with E-state index in [1.165, 1.54) is 18.3 Å². The minimum absolute atomic E-state index is 0.0883. The maximum atomic E-state index is 11.9. The predicted molar refractivity (Wildman–Crippen MR) is 69.6 cm³/mol. The first kappa shape index (κ1) is 14.1. The maximum Gasteiger partial charge on any atom is 0.253 e. The smallest absolute Gasteiger partial charge is 0.253 e. The number of aliphatic hydroxyl groups is 3. The maximum absolute atomic E-state index is 11.9. The van der Waals surface area contributed by atoms with Crippen molar-refractivity contribution in [2.45, 2.75) is 24.5 Å². The molecule has 4 atom stereocenters. The lowest BCUT2D eigenvalue weighted by Gasteiger charge is -2.17. The Hall–Kier alpha value is -1.32. The van der Waals surface area contributed by atoms with Crippen LogP contribution in [-0.2, 0) is 4.74 Å². The average Bonchev–Trinajstić information content (AvgIpc) is 2.66. The topological polar surface area (TPSA) is 118 Å². The zero-order valence-corrected chi connectivity index (χ0v) is 10.7. The Kier molecular flexibility index (Phi) is 3.97. The van der Waals surface area contributed by atoms with Crippen molar-refractivity contribution in [1.82, 2.24) is 4.57 Å². The molecule has 1 saturated heterocycles. The Bertz CT molecular complexity index is 546. The summed E-state index contributed by atoms with van der Waals surface area (Å²) >= 11 is 4.76. The van der Waals surface area contributed by atoms with Crippen LogP contribution in [0.2, 0.25) is 0 Å². The Morgan fingerprint density at radius 3 is 2.63 bits per heavy atom. The molecule has 1 aromatic heterocycles. The molecule has 1 aromatic rings. The van der Waals surface area contributed by atoms with Crippen molar-refractivity contribution in [3.8, 4) is 0 Å². The molecule has 19 heavy (non-hydrogen) atoms. The van der Waals surface area contributed by atoms with Crippen molar-refractivity contribution in [3.05, 3.63) is 34.2 Å². The molecular weight excluding hydrogens is 272 g/mol. The number of aromatic nitrogens is 1. The van der Waals surface area contributed by atoms with Gasteiger partial charge in [0, 0.05) is 17.8 Å². The number of aliphatic hydroxyl groups excluding tert-OH is 3. The summed E-state index contributed by atoms with van der Waals surface area (Å²) in [5.41, 5.74) is 5.34. The second kappa shape index (κ2) is 5.35. The molecule has 0 aromatic carbocycles. The summed E-state index contributed by atoms with van der Waals surface area (Å²) in [6, 6.07) is 2.73. The van der Waals surface area contributed by atoms with Crippen LogP contribution in [0.25, 0.3) is 0 Å². The Morgan fingerprint density at radius 2 is 2.16 bits per heavy atom. The summed E-state index contributed by atoms with van der Waals surface area (Å²) in [7, 11) is 0. The first-order valence-electron chi connectivity index (χ1n) is 5.60. The van der Waals surface area contributed by atoms with E-state index in [4.69, 9.17) is 27.8 Å². The van der Waals surface area contributed by atoms with E-state index >= 15 is 0 Å². The highest BCUT2D eigenvalue weighted by molar-refractivity contribution is 7.80. The van der Waals surface area contributed by atoms with Crippen LogP contribution in [0.15, 0.2) is 23.1 Å². The van der Waals surface area contributed by atoms with Crippen LogP contribution < -0.4 is 11.3 Å². The molecule has 0 amide bonds. The first-order valence-corrected chi connectivity index (χ1v) is 6.01. The number of nitrogens with two attached hydrogens (primary N) is 1. The highest BCUT2D eigenvalue weighted by atomic mass is 32.1. The van der Waals surface area contributed by atoms with Gasteiger partial charge in [0.2, 0.25) is 0 Å². The van der Waals surface area contributed by atoms with Crippen molar-refractivity contribution in [2.75, 3.05) is 6.61 Å². The zero-order chi connectivity index (χ0) is 14.2. The van der Waals surface area contributed by atoms with E-state index in [-0.39, 0.29) is 4.99 Å². The lowest BCUT2D eigenvalue weighted by Crippen LogP contribution is -2.35. The highest BCUT2D eigenvalue weighted by Gasteiger charge is 2.43. The lowest BCUT2D eigenvalue weighted by atomic mass is 10.1. The monoisotopic (exact) mass is 286 g/mol. The fourth-order valence-corrected chi connectivity index (χ4v) is 2.09. The van der Waals surface area contributed by atoms with E-state index in [1.54, 1.807) is 0 Å². The van der Waals surface area contributed by atoms with Gasteiger partial charge in [0.1, 0.15) is 23.3 Å². The number of nitrogens with zero attached hydrogens (tertiary/aromatic N) is 1. The number of pyridine rings is 1. The molecule has 0 spiro atoms. The van der Waals surface area contributed by atoms with Gasteiger partial charge in [-0.05, 0) is 6.07 Å². The molecule has 104 valence electrons. The number of thiocarbonyl (C=S) groups is 1. The van der Waals surface area contributed by atoms with Crippen LogP contribution in [0.5, 0.6) is 0 Å². The third-order valence-corrected chi connectivity index (χ3v) is 3.26. The van der Waals surface area contributed by atoms with E-state index in [9.17, 15) is 15.0 Å². The molecule has 0 bridgehead atoms. The summed E-state index contributed by atoms with van der Waals surface area (Å²) in [5, 5.41) is 28.4. The van der Waals surface area contributed by atoms with Crippen LogP contribution in [0, 0.1) is 0 Å². The van der Waals surface area contributed by atoms with Gasteiger partial charge in [0.15, 0.2) is 6.23 Å². The standard InChI is InChI=1S/C11H14N2O5S/c12-10(19)5-1-2-13(7(15)3-5)11-9(17)8(16)6(4-14)18-11/h1-3,6,8-9,11,14,16-17H,4H2,(H2,12,19)/t6-,8-,9-,11-/m1/s1. The van der Waals surface area contributed by atoms with Crippen LogP contribution in [-0.4, -0.2) is 49.8 Å². The Labute approximate surface area is 113 Å². The molecule has 1 fully saturated rings. The Morgan fingerprint density at radius 1 is 1.47 bits per heavy atom. The molecule has 0 radical (unpaired) electrons. The SMILES string of the molecule is NC(=S)c1ccn([C@@H]2O[C@H](CO)[C@@H](O)[C@H]2O)c(=O)c1. The van der Waals surface area contributed by atoms with Crippen LogP contribution in [0.4, 0.5) is 0 Å². The highest BCUT2D eigenvalue weighted by Crippen LogP contribution is 2.28. The molecule has 0 aliphatic carbocycles. The van der Waals surface area contributed by atoms with Crippen molar-refractivity contribution >= 4 is 17.2 Å². The van der Waals surface area contributed by atoms with Crippen LogP contribution in [0.1, 0.15) is 11.8 Å². The number of hydrogen-bond donors (Lipinski definition) is 4. The van der Waals surface area contributed by atoms with Crippen molar-refractivity contribution < 1.29 is 20.1 Å². The lowest BCUT2D eigenvalue weighted by molar-refractivity contribution is -0.0543. The van der Waals surface area contributed by atoms with E-state index in [2.05, 4.69) is 0 Å². The third-order valence-electron chi connectivity index (χ3n) is 3.02. The molecule has 1 aliphatic rings. The van der Waals surface area contributed by atoms with Gasteiger partial charge in [-0.2, -0.15) is 0 Å². The van der Waals surface area contributed by atoms with E-state index in [0.29, 0.717) is 5.56 Å². The van der Waals surface area contributed by atoms with E-state index in [0.717, 1.165) is 4.57 Å². The molecule has 2 heterocycles. The number of ether oxygens (including phenoxy) is 1. The summed E-state index contributed by atoms with van der Waals surface area (Å²) < 4.78 is 6.37. The van der Waals surface area contributed by atoms with Gasteiger partial charge in [0.05, 0.1) is 6.61 Å². The molecular formula is C11H14N2O5S. The van der Waals surface area contributed by atoms with Gasteiger partial charge in [-0.3, -0.25) is 9.36 Å². The first-order chi connectivity index (χ1) is 8.95. The minimum atomic E-state index is -1.30. The number of hydrogen-bond acceptors (Lipinski definition) is 6. The predicted octanol–water partition coefficient (Wildman–Crippen LogP) is -1.91. The van der Waals surface area contributed by atoms with E-state index < -0.39 is 36.7 Å². The number of rotatable bonds is 3. The molecule has 2 rings (SSSR count). The molecule has 1 aliphatic heterocycles. The molecule has 8 heteroatoms. The average molecular weight is 286 g/mol. The quantitative estimate of drug-likeness (QED) is 0.479. The minimum Gasteiger partial charge on any atom is -0.394 e. The van der Waals surface area contributed by atoms with Gasteiger partial charge in [0.25, 0.3) is 5.56 Å². The van der Waals surface area contributed by atoms with Gasteiger partial charge >= 0.3 is 0 Å². The molecule has 0 saturated carbocycles. The Balaban J connectivity index is 2.33. The van der Waals surface area contributed by atoms with Gasteiger partial charge in [-0.15, -0.1) is 0 Å². The second-order valence-electron chi connectivity index (χ2n) is 4.25. The van der Waals surface area contributed by atoms with Gasteiger partial charge in [-0.1, -0.05) is 12.2 Å². The van der Waals surface area contributed by atoms with Gasteiger partial charge < -0.3 is 25.8 Å². The molecule has 7 nitrogen and oxygen atoms in total. The van der Waals surface area contributed by atoms with Crippen LogP contribution in [0.3, 0.4) is 0 Å². The van der Waals surface area contributed by atoms with Crippen molar-refractivity contribution in [1.29, 1.82) is 0 Å². The largest absolute Gasteiger partial charge is 0.394 e. The third kappa shape index (κ3) is 2.53. The summed E-state index contributed by atoms with van der Waals surface area (Å²) in [4.78, 5) is 12.0. The normalized spacial score (nSPS) is 30.5.